The van der Waals surface area contributed by atoms with E-state index in [9.17, 15) is 0 Å². The van der Waals surface area contributed by atoms with Crippen molar-refractivity contribution >= 4 is 29.2 Å². The second-order valence-electron chi connectivity index (χ2n) is 15.5. The minimum absolute atomic E-state index is 0.387. The molecule has 50 heavy (non-hydrogen) atoms. The minimum Gasteiger partial charge on any atom is -0.334 e. The van der Waals surface area contributed by atoms with E-state index in [1.807, 2.05) is 0 Å². The molecule has 5 unspecified atom stereocenters. The summed E-state index contributed by atoms with van der Waals surface area (Å²) in [6.07, 6.45) is 35.5. The van der Waals surface area contributed by atoms with Crippen LogP contribution in [0.15, 0.2) is 115 Å². The van der Waals surface area contributed by atoms with Crippen LogP contribution in [0.5, 0.6) is 0 Å². The van der Waals surface area contributed by atoms with Crippen LogP contribution in [0.2, 0.25) is 0 Å². The van der Waals surface area contributed by atoms with Gasteiger partial charge in [-0.05, 0) is 134 Å². The molecule has 3 aromatic carbocycles. The molecule has 5 aliphatic carbocycles. The van der Waals surface area contributed by atoms with Crippen LogP contribution in [0.3, 0.4) is 0 Å². The number of anilines is 2. The van der Waals surface area contributed by atoms with Gasteiger partial charge in [0.05, 0.1) is 6.04 Å². The molecular weight excluding hydrogens is 605 g/mol. The normalized spacial score (nSPS) is 26.3. The number of benzene rings is 3. The lowest BCUT2D eigenvalue weighted by Crippen LogP contribution is -2.33. The minimum atomic E-state index is 0.387. The van der Waals surface area contributed by atoms with E-state index in [4.69, 9.17) is 0 Å². The molecule has 0 N–H and O–H groups in total. The van der Waals surface area contributed by atoms with Gasteiger partial charge in [0.2, 0.25) is 0 Å². The van der Waals surface area contributed by atoms with Crippen molar-refractivity contribution in [2.24, 2.45) is 0 Å². The maximum Gasteiger partial charge on any atom is 0.0591 e. The first kappa shape index (κ1) is 30.3. The number of para-hydroxylation sites is 1. The molecule has 2 nitrogen and oxygen atoms in total. The summed E-state index contributed by atoms with van der Waals surface area (Å²) >= 11 is 0. The second-order valence-corrected chi connectivity index (χ2v) is 15.5. The third-order valence-electron chi connectivity index (χ3n) is 12.8. The van der Waals surface area contributed by atoms with E-state index in [-0.39, 0.29) is 0 Å². The largest absolute Gasteiger partial charge is 0.334 e. The molecular formula is C48H48N2. The SMILES string of the molecule is C1=CC(n2c3c(c4c2=CCC(c2ccccc2C2C=CCCC2c2ccc5c(c2)C2CCC=CC2N5c2ccccc2)C=4)CCCC3)=CCC1. The van der Waals surface area contributed by atoms with Gasteiger partial charge in [-0.3, -0.25) is 0 Å². The summed E-state index contributed by atoms with van der Waals surface area (Å²) in [6, 6.07) is 28.5. The fourth-order valence-electron chi connectivity index (χ4n) is 10.5. The van der Waals surface area contributed by atoms with Crippen LogP contribution in [0, 0.1) is 0 Å². The zero-order valence-corrected chi connectivity index (χ0v) is 29.2. The van der Waals surface area contributed by atoms with Crippen LogP contribution >= 0.6 is 0 Å². The molecule has 1 aromatic heterocycles. The molecule has 0 fully saturated rings. The van der Waals surface area contributed by atoms with Crippen LogP contribution in [0.25, 0.3) is 17.8 Å². The monoisotopic (exact) mass is 652 g/mol. The molecule has 0 saturated heterocycles. The van der Waals surface area contributed by atoms with Crippen molar-refractivity contribution in [3.8, 4) is 0 Å². The lowest BCUT2D eigenvalue weighted by atomic mass is 9.72. The van der Waals surface area contributed by atoms with Gasteiger partial charge >= 0.3 is 0 Å². The van der Waals surface area contributed by atoms with E-state index >= 15 is 0 Å². The molecule has 250 valence electrons. The number of nitrogens with zero attached hydrogens (tertiary/aromatic N) is 2. The van der Waals surface area contributed by atoms with Gasteiger partial charge in [-0.15, -0.1) is 0 Å². The Labute approximate surface area is 297 Å². The third-order valence-corrected chi connectivity index (χ3v) is 12.8. The number of allylic oxidation sites excluding steroid dienone is 7. The van der Waals surface area contributed by atoms with Crippen LogP contribution in [-0.2, 0) is 12.8 Å². The molecule has 0 amide bonds. The van der Waals surface area contributed by atoms with Gasteiger partial charge in [0.1, 0.15) is 0 Å². The van der Waals surface area contributed by atoms with Gasteiger partial charge in [-0.25, -0.2) is 0 Å². The highest BCUT2D eigenvalue weighted by Gasteiger charge is 2.40. The number of aromatic nitrogens is 1. The third kappa shape index (κ3) is 4.97. The molecule has 0 bridgehead atoms. The summed E-state index contributed by atoms with van der Waals surface area (Å²) in [4.78, 5) is 2.60. The molecule has 4 aromatic rings. The average molecular weight is 653 g/mol. The van der Waals surface area contributed by atoms with Crippen LogP contribution in [0.1, 0.15) is 115 Å². The van der Waals surface area contributed by atoms with E-state index in [1.165, 1.54) is 89.3 Å². The summed E-state index contributed by atoms with van der Waals surface area (Å²) in [5.74, 6) is 1.83. The van der Waals surface area contributed by atoms with E-state index < -0.39 is 0 Å². The summed E-state index contributed by atoms with van der Waals surface area (Å²) in [5.41, 5.74) is 13.4. The van der Waals surface area contributed by atoms with Gasteiger partial charge in [0.15, 0.2) is 0 Å². The van der Waals surface area contributed by atoms with Crippen molar-refractivity contribution < 1.29 is 0 Å². The first-order valence-electron chi connectivity index (χ1n) is 19.6. The maximum absolute atomic E-state index is 2.67. The van der Waals surface area contributed by atoms with Crippen LogP contribution < -0.4 is 15.5 Å². The molecule has 2 heterocycles. The summed E-state index contributed by atoms with van der Waals surface area (Å²) in [7, 11) is 0. The fraction of sp³-hybridized carbons (Fsp3) is 0.333. The van der Waals surface area contributed by atoms with Crippen molar-refractivity contribution in [2.45, 2.75) is 100 Å². The predicted molar refractivity (Wildman–Crippen MR) is 209 cm³/mol. The first-order chi connectivity index (χ1) is 24.8. The molecule has 6 aliphatic rings. The van der Waals surface area contributed by atoms with E-state index in [0.717, 1.165) is 25.7 Å². The maximum atomic E-state index is 2.67. The molecule has 5 atom stereocenters. The average Bonchev–Trinajstić information content (AvgIpc) is 3.71. The van der Waals surface area contributed by atoms with E-state index in [1.54, 1.807) is 16.8 Å². The van der Waals surface area contributed by atoms with Gasteiger partial charge in [0.25, 0.3) is 0 Å². The zero-order valence-electron chi connectivity index (χ0n) is 29.2. The topological polar surface area (TPSA) is 8.17 Å². The number of hydrogen-bond donors (Lipinski definition) is 0. The van der Waals surface area contributed by atoms with Crippen molar-refractivity contribution in [1.29, 1.82) is 0 Å². The fourth-order valence-corrected chi connectivity index (χ4v) is 10.5. The Morgan fingerprint density at radius 1 is 0.660 bits per heavy atom. The Bertz CT molecular complexity index is 2190. The summed E-state index contributed by atoms with van der Waals surface area (Å²) in [5, 5.41) is 2.98. The predicted octanol–water partition coefficient (Wildman–Crippen LogP) is 10.5. The molecule has 0 saturated carbocycles. The molecule has 0 radical (unpaired) electrons. The van der Waals surface area contributed by atoms with Crippen molar-refractivity contribution in [2.75, 3.05) is 4.90 Å². The Balaban J connectivity index is 1.03. The summed E-state index contributed by atoms with van der Waals surface area (Å²) < 4.78 is 2.64. The van der Waals surface area contributed by atoms with Gasteiger partial charge in [-0.1, -0.05) is 103 Å². The summed E-state index contributed by atoms with van der Waals surface area (Å²) in [6.45, 7) is 0. The highest BCUT2D eigenvalue weighted by atomic mass is 15.2. The van der Waals surface area contributed by atoms with Crippen LogP contribution in [-0.4, -0.2) is 10.6 Å². The first-order valence-corrected chi connectivity index (χ1v) is 19.6. The van der Waals surface area contributed by atoms with Crippen molar-refractivity contribution in [1.82, 2.24) is 4.57 Å². The Morgan fingerprint density at radius 2 is 1.48 bits per heavy atom. The lowest BCUT2D eigenvalue weighted by molar-refractivity contribution is 0.545. The molecule has 2 heteroatoms. The van der Waals surface area contributed by atoms with Crippen molar-refractivity contribution in [3.05, 3.63) is 159 Å². The highest BCUT2D eigenvalue weighted by Crippen LogP contribution is 2.52. The van der Waals surface area contributed by atoms with Crippen molar-refractivity contribution in [3.63, 3.8) is 0 Å². The van der Waals surface area contributed by atoms with Gasteiger partial charge in [0, 0.05) is 45.9 Å². The Hall–Kier alpha value is -4.56. The quantitative estimate of drug-likeness (QED) is 0.195. The Kier molecular flexibility index (Phi) is 7.66. The van der Waals surface area contributed by atoms with Crippen LogP contribution in [0.4, 0.5) is 11.4 Å². The second kappa shape index (κ2) is 12.6. The smallest absolute Gasteiger partial charge is 0.0591 e. The van der Waals surface area contributed by atoms with Gasteiger partial charge < -0.3 is 9.47 Å². The molecule has 10 rings (SSSR count). The molecule has 0 spiro atoms. The molecule has 1 aliphatic heterocycles. The van der Waals surface area contributed by atoms with E-state index in [2.05, 4.69) is 137 Å². The number of hydrogen-bond acceptors (Lipinski definition) is 1. The standard InChI is InChI=1S/C48H48N2/c1-3-15-35(16-4-1)49-45-25-13-11-23-41(45)43-31-33(27-29-47(43)49)37-19-7-9-21-39(37)40-22-10-8-20-38(40)34-28-30-48-44(32-34)42-24-12-14-26-46(42)50(48)36-17-5-2-6-18-36/h1,3-5,8-10,13,15-18,20-22,25,27,29-32,34,37,39,41,45H,2,6-7,11-12,14,19,23-24,26,28H2. The zero-order chi connectivity index (χ0) is 33.0. The lowest BCUT2D eigenvalue weighted by Gasteiger charge is -2.32. The van der Waals surface area contributed by atoms with E-state index in [0.29, 0.717) is 29.7 Å². The van der Waals surface area contributed by atoms with Gasteiger partial charge in [-0.2, -0.15) is 0 Å². The highest BCUT2D eigenvalue weighted by molar-refractivity contribution is 5.75. The number of fused-ring (bicyclic) bond motifs is 6. The Morgan fingerprint density at radius 3 is 2.36 bits per heavy atom. The number of rotatable bonds is 5.